The van der Waals surface area contributed by atoms with Gasteiger partial charge in [-0.1, -0.05) is 0 Å². The summed E-state index contributed by atoms with van der Waals surface area (Å²) in [5, 5.41) is 24.7. The fourth-order valence-electron chi connectivity index (χ4n) is 6.49. The number of furan rings is 2. The van der Waals surface area contributed by atoms with E-state index in [1.807, 2.05) is 0 Å². The largest absolute Gasteiger partial charge is 0.459 e. The number of carbonyl (C=O) groups excluding carboxylic acids is 3. The summed E-state index contributed by atoms with van der Waals surface area (Å²) in [6.45, 7) is -0.886. The van der Waals surface area contributed by atoms with Crippen LogP contribution < -0.4 is 0 Å². The highest BCUT2D eigenvalue weighted by molar-refractivity contribution is 7.89. The molecule has 1 aliphatic carbocycles. The van der Waals surface area contributed by atoms with Crippen molar-refractivity contribution in [2.24, 2.45) is 0 Å². The third-order valence-corrected chi connectivity index (χ3v) is 12.9. The number of rotatable bonds is 8. The highest BCUT2D eigenvalue weighted by atomic mass is 32.2. The van der Waals surface area contributed by atoms with Crippen molar-refractivity contribution in [1.82, 2.24) is 18.4 Å². The first-order chi connectivity index (χ1) is 24.7. The van der Waals surface area contributed by atoms with Crippen molar-refractivity contribution in [2.75, 3.05) is 52.4 Å². The monoisotopic (exact) mass is 754 g/mol. The number of carbonyl (C=O) groups is 3. The number of piperazine rings is 2. The number of benzene rings is 2. The molecule has 2 aromatic carbocycles. The van der Waals surface area contributed by atoms with Gasteiger partial charge in [0.05, 0.1) is 43.3 Å². The molecule has 0 N–H and O–H groups in total. The van der Waals surface area contributed by atoms with Gasteiger partial charge in [0.2, 0.25) is 20.0 Å². The van der Waals surface area contributed by atoms with E-state index in [0.717, 1.165) is 20.7 Å². The molecule has 21 heteroatoms. The molecule has 0 unspecified atom stereocenters. The average molecular weight is 755 g/mol. The van der Waals surface area contributed by atoms with Gasteiger partial charge < -0.3 is 18.6 Å². The molecule has 0 saturated carbocycles. The quantitative estimate of drug-likeness (QED) is 0.163. The lowest BCUT2D eigenvalue weighted by Crippen LogP contribution is -2.50. The van der Waals surface area contributed by atoms with Crippen molar-refractivity contribution >= 4 is 49.0 Å². The predicted molar refractivity (Wildman–Crippen MR) is 175 cm³/mol. The second kappa shape index (κ2) is 12.8. The molecule has 4 heterocycles. The van der Waals surface area contributed by atoms with Crippen LogP contribution in [0.1, 0.15) is 37.0 Å². The van der Waals surface area contributed by atoms with Crippen LogP contribution in [0, 0.1) is 20.2 Å². The molecule has 2 saturated heterocycles. The smallest absolute Gasteiger partial charge is 0.289 e. The SMILES string of the molecule is O=C1c2cc(S(=O)(=O)N3CCN(C(=O)c4ccco4)CC3)cc([N+](=O)[O-])c2-c2c1cc(S(=O)(=O)N1CCN(C(=O)c3ccco3)CC1)cc2[N+](=O)[O-]. The van der Waals surface area contributed by atoms with E-state index in [-0.39, 0.29) is 63.9 Å². The highest BCUT2D eigenvalue weighted by Crippen LogP contribution is 2.49. The van der Waals surface area contributed by atoms with Crippen molar-refractivity contribution in [1.29, 1.82) is 0 Å². The molecule has 2 aliphatic heterocycles. The van der Waals surface area contributed by atoms with Crippen molar-refractivity contribution in [2.45, 2.75) is 9.79 Å². The van der Waals surface area contributed by atoms with Crippen LogP contribution >= 0.6 is 0 Å². The lowest BCUT2D eigenvalue weighted by atomic mass is 10.0. The molecular weight excluding hydrogens is 729 g/mol. The van der Waals surface area contributed by atoms with Crippen LogP contribution in [-0.4, -0.2) is 115 Å². The van der Waals surface area contributed by atoms with Gasteiger partial charge in [0.1, 0.15) is 0 Å². The lowest BCUT2D eigenvalue weighted by Gasteiger charge is -2.33. The summed E-state index contributed by atoms with van der Waals surface area (Å²) in [5.74, 6) is -1.83. The number of ketones is 1. The van der Waals surface area contributed by atoms with Crippen LogP contribution in [0.5, 0.6) is 0 Å². The first-order valence-electron chi connectivity index (χ1n) is 15.6. The third kappa shape index (κ3) is 5.72. The molecule has 0 bridgehead atoms. The van der Waals surface area contributed by atoms with E-state index < -0.39 is 90.9 Å². The summed E-state index contributed by atoms with van der Waals surface area (Å²) in [6, 6.07) is 9.15. The number of hydrogen-bond donors (Lipinski definition) is 0. The molecule has 3 aliphatic rings. The number of fused-ring (bicyclic) bond motifs is 3. The number of amides is 2. The van der Waals surface area contributed by atoms with E-state index in [9.17, 15) is 51.4 Å². The molecule has 4 aromatic rings. The summed E-state index contributed by atoms with van der Waals surface area (Å²) < 4.78 is 67.3. The Balaban J connectivity index is 1.19. The van der Waals surface area contributed by atoms with Gasteiger partial charge in [0.15, 0.2) is 17.3 Å². The second-order valence-electron chi connectivity index (χ2n) is 11.9. The van der Waals surface area contributed by atoms with E-state index in [1.54, 1.807) is 0 Å². The van der Waals surface area contributed by atoms with Gasteiger partial charge in [-0.3, -0.25) is 34.6 Å². The van der Waals surface area contributed by atoms with Gasteiger partial charge in [0.25, 0.3) is 23.2 Å². The lowest BCUT2D eigenvalue weighted by molar-refractivity contribution is -0.386. The molecule has 19 nitrogen and oxygen atoms in total. The topological polar surface area (TPSA) is 245 Å². The maximum absolute atomic E-state index is 13.8. The Morgan fingerprint density at radius 3 is 1.29 bits per heavy atom. The van der Waals surface area contributed by atoms with Crippen LogP contribution in [0.25, 0.3) is 11.1 Å². The summed E-state index contributed by atoms with van der Waals surface area (Å²) >= 11 is 0. The molecule has 2 aromatic heterocycles. The maximum atomic E-state index is 13.8. The van der Waals surface area contributed by atoms with Gasteiger partial charge >= 0.3 is 0 Å². The zero-order valence-corrected chi connectivity index (χ0v) is 28.4. The standard InChI is InChI=1S/C31H26N6O13S2/c38-29-21-15-19(51(45,46)34-9-5-32(6-10-34)30(39)25-3-1-13-49-25)17-23(36(41)42)27(21)28-22(29)16-20(18-24(28)37(43)44)52(47,48)35-11-7-33(8-12-35)31(40)26-4-2-14-50-26/h1-4,13-18H,5-12H2. The summed E-state index contributed by atoms with van der Waals surface area (Å²) in [5.41, 5.74) is -3.91. The van der Waals surface area contributed by atoms with Crippen LogP contribution in [0.2, 0.25) is 0 Å². The van der Waals surface area contributed by atoms with Crippen LogP contribution in [0.15, 0.2) is 79.7 Å². The molecule has 7 rings (SSSR count). The van der Waals surface area contributed by atoms with E-state index in [2.05, 4.69) is 0 Å². The number of hydrogen-bond acceptors (Lipinski definition) is 13. The van der Waals surface area contributed by atoms with E-state index >= 15 is 0 Å². The van der Waals surface area contributed by atoms with Crippen LogP contribution in [0.3, 0.4) is 0 Å². The number of nitro benzene ring substituents is 2. The first kappa shape index (κ1) is 34.7. The number of nitro groups is 2. The summed E-state index contributed by atoms with van der Waals surface area (Å²) in [6.07, 6.45) is 2.64. The first-order valence-corrected chi connectivity index (χ1v) is 18.4. The summed E-state index contributed by atoms with van der Waals surface area (Å²) in [7, 11) is -9.01. The maximum Gasteiger partial charge on any atom is 0.289 e. The number of nitrogens with zero attached hydrogens (tertiary/aromatic N) is 6. The van der Waals surface area contributed by atoms with E-state index in [1.165, 1.54) is 46.6 Å². The average Bonchev–Trinajstić information content (AvgIpc) is 3.93. The minimum absolute atomic E-state index is 0.0328. The normalized spacial score (nSPS) is 16.8. The van der Waals surface area contributed by atoms with Crippen molar-refractivity contribution < 1.29 is 49.9 Å². The Kier molecular flexibility index (Phi) is 8.52. The fraction of sp³-hybridized carbons (Fsp3) is 0.258. The van der Waals surface area contributed by atoms with Crippen molar-refractivity contribution in [3.05, 3.63) is 104 Å². The van der Waals surface area contributed by atoms with Gasteiger partial charge in [0, 0.05) is 75.6 Å². The molecule has 270 valence electrons. The molecule has 0 radical (unpaired) electrons. The predicted octanol–water partition coefficient (Wildman–Crippen LogP) is 2.19. The third-order valence-electron chi connectivity index (χ3n) is 9.11. The van der Waals surface area contributed by atoms with Gasteiger partial charge in [-0.2, -0.15) is 8.61 Å². The summed E-state index contributed by atoms with van der Waals surface area (Å²) in [4.78, 5) is 63.4. The van der Waals surface area contributed by atoms with Gasteiger partial charge in [-0.25, -0.2) is 16.8 Å². The Labute approximate surface area is 294 Å². The Morgan fingerprint density at radius 2 is 0.981 bits per heavy atom. The minimum atomic E-state index is -4.51. The molecule has 0 atom stereocenters. The van der Waals surface area contributed by atoms with Gasteiger partial charge in [-0.15, -0.1) is 0 Å². The van der Waals surface area contributed by atoms with Gasteiger partial charge in [-0.05, 0) is 36.4 Å². The second-order valence-corrected chi connectivity index (χ2v) is 15.8. The molecule has 0 spiro atoms. The molecule has 2 fully saturated rings. The van der Waals surface area contributed by atoms with Crippen molar-refractivity contribution in [3.63, 3.8) is 0 Å². The molecular formula is C31H26N6O13S2. The Bertz CT molecular complexity index is 2210. The molecule has 2 amide bonds. The van der Waals surface area contributed by atoms with Crippen LogP contribution in [-0.2, 0) is 20.0 Å². The minimum Gasteiger partial charge on any atom is -0.459 e. The molecule has 52 heavy (non-hydrogen) atoms. The zero-order valence-electron chi connectivity index (χ0n) is 26.7. The van der Waals surface area contributed by atoms with E-state index in [0.29, 0.717) is 12.1 Å². The fourth-order valence-corrected chi connectivity index (χ4v) is 9.43. The number of sulfonamides is 2. The highest BCUT2D eigenvalue weighted by Gasteiger charge is 2.43. The van der Waals surface area contributed by atoms with E-state index in [4.69, 9.17) is 8.83 Å². The van der Waals surface area contributed by atoms with Crippen LogP contribution in [0.4, 0.5) is 11.4 Å². The van der Waals surface area contributed by atoms with Crippen molar-refractivity contribution in [3.8, 4) is 11.1 Å². The Morgan fingerprint density at radius 1 is 0.615 bits per heavy atom. The Hall–Kier alpha value is -5.77. The zero-order chi connectivity index (χ0) is 37.1.